The van der Waals surface area contributed by atoms with Gasteiger partial charge in [-0.15, -0.1) is 11.3 Å². The number of esters is 1. The van der Waals surface area contributed by atoms with Crippen molar-refractivity contribution in [2.45, 2.75) is 17.4 Å². The molecule has 37 heavy (non-hydrogen) atoms. The van der Waals surface area contributed by atoms with Crippen molar-refractivity contribution in [1.82, 2.24) is 4.72 Å². The molecule has 0 radical (unpaired) electrons. The van der Waals surface area contributed by atoms with Crippen molar-refractivity contribution in [2.24, 2.45) is 0 Å². The number of amides is 1. The number of methoxy groups -OCH3 is 2. The molecule has 3 aromatic carbocycles. The minimum atomic E-state index is -4.11. The van der Waals surface area contributed by atoms with Crippen LogP contribution >= 0.6 is 22.9 Å². The lowest BCUT2D eigenvalue weighted by atomic mass is 10.1. The largest absolute Gasteiger partial charge is 0.495 e. The summed E-state index contributed by atoms with van der Waals surface area (Å²) in [5.74, 6) is -0.657. The molecule has 0 unspecified atom stereocenters. The van der Waals surface area contributed by atoms with Crippen molar-refractivity contribution in [3.63, 3.8) is 0 Å². The van der Waals surface area contributed by atoms with Crippen LogP contribution in [0.5, 0.6) is 5.75 Å². The van der Waals surface area contributed by atoms with Gasteiger partial charge in [-0.3, -0.25) is 4.79 Å². The fraction of sp³-hybridized carbons (Fsp3) is 0.154. The van der Waals surface area contributed by atoms with Crippen molar-refractivity contribution >= 4 is 60.6 Å². The summed E-state index contributed by atoms with van der Waals surface area (Å²) in [7, 11) is -1.37. The van der Waals surface area contributed by atoms with E-state index in [0.717, 1.165) is 15.6 Å². The number of ether oxygens (including phenoxy) is 2. The standard InChI is InChI=1S/C26H23ClN2O6S2/c1-34-22-10-9-19(15-20(22)27)37(32,33)29-21(12-16-6-4-3-5-7-16)25(30)28-18-8-11-23-17(13-18)14-24(36-23)26(31)35-2/h3-11,13-15,21,29H,12H2,1-2H3,(H,28,30)/t21-/m0/s1. The van der Waals surface area contributed by atoms with Gasteiger partial charge in [-0.05, 0) is 59.8 Å². The Morgan fingerprint density at radius 1 is 1.00 bits per heavy atom. The molecule has 0 bridgehead atoms. The molecule has 0 saturated heterocycles. The quantitative estimate of drug-likeness (QED) is 0.283. The number of carbonyl (C=O) groups excluding carboxylic acids is 2. The van der Waals surface area contributed by atoms with Gasteiger partial charge in [0.1, 0.15) is 16.7 Å². The van der Waals surface area contributed by atoms with Gasteiger partial charge in [-0.25, -0.2) is 13.2 Å². The zero-order chi connectivity index (χ0) is 26.6. The third-order valence-corrected chi connectivity index (χ3v) is 8.36. The van der Waals surface area contributed by atoms with Crippen LogP contribution < -0.4 is 14.8 Å². The maximum absolute atomic E-state index is 13.3. The molecule has 1 amide bonds. The molecule has 8 nitrogen and oxygen atoms in total. The number of sulfonamides is 1. The maximum atomic E-state index is 13.3. The third kappa shape index (κ3) is 6.28. The van der Waals surface area contributed by atoms with Crippen molar-refractivity contribution < 1.29 is 27.5 Å². The van der Waals surface area contributed by atoms with E-state index in [0.29, 0.717) is 16.3 Å². The molecule has 1 heterocycles. The van der Waals surface area contributed by atoms with Gasteiger partial charge in [-0.1, -0.05) is 41.9 Å². The Kier molecular flexibility index (Phi) is 8.13. The number of anilines is 1. The number of carbonyl (C=O) groups is 2. The van der Waals surface area contributed by atoms with E-state index in [4.69, 9.17) is 21.1 Å². The van der Waals surface area contributed by atoms with Gasteiger partial charge in [0.15, 0.2) is 0 Å². The monoisotopic (exact) mass is 558 g/mol. The molecule has 2 N–H and O–H groups in total. The van der Waals surface area contributed by atoms with E-state index < -0.39 is 27.9 Å². The summed E-state index contributed by atoms with van der Waals surface area (Å²) in [6, 6.07) is 18.9. The van der Waals surface area contributed by atoms with Gasteiger partial charge >= 0.3 is 5.97 Å². The molecule has 0 spiro atoms. The predicted molar refractivity (Wildman–Crippen MR) is 144 cm³/mol. The van der Waals surface area contributed by atoms with Gasteiger partial charge < -0.3 is 14.8 Å². The van der Waals surface area contributed by atoms with Crippen molar-refractivity contribution in [2.75, 3.05) is 19.5 Å². The van der Waals surface area contributed by atoms with Crippen molar-refractivity contribution in [3.05, 3.63) is 88.3 Å². The third-order valence-electron chi connectivity index (χ3n) is 5.50. The Morgan fingerprint density at radius 3 is 2.43 bits per heavy atom. The van der Waals surface area contributed by atoms with E-state index in [1.54, 1.807) is 24.3 Å². The summed E-state index contributed by atoms with van der Waals surface area (Å²) >= 11 is 7.40. The lowest BCUT2D eigenvalue weighted by Gasteiger charge is -2.19. The Morgan fingerprint density at radius 2 is 1.76 bits per heavy atom. The summed E-state index contributed by atoms with van der Waals surface area (Å²) in [5.41, 5.74) is 1.23. The van der Waals surface area contributed by atoms with Gasteiger partial charge in [0.25, 0.3) is 0 Å². The first-order valence-corrected chi connectivity index (χ1v) is 13.7. The van der Waals surface area contributed by atoms with Crippen molar-refractivity contribution in [3.8, 4) is 5.75 Å². The highest BCUT2D eigenvalue weighted by Gasteiger charge is 2.27. The van der Waals surface area contributed by atoms with Crippen molar-refractivity contribution in [1.29, 1.82) is 0 Å². The molecule has 192 valence electrons. The predicted octanol–water partition coefficient (Wildman–Crippen LogP) is 4.88. The molecule has 0 aliphatic carbocycles. The van der Waals surface area contributed by atoms with Crippen LogP contribution in [0.2, 0.25) is 5.02 Å². The Hall–Kier alpha value is -3.44. The van der Waals surface area contributed by atoms with E-state index in [2.05, 4.69) is 10.0 Å². The number of thiophene rings is 1. The van der Waals surface area contributed by atoms with E-state index in [9.17, 15) is 18.0 Å². The molecule has 0 saturated carbocycles. The highest BCUT2D eigenvalue weighted by molar-refractivity contribution is 7.89. The van der Waals surface area contributed by atoms with E-state index >= 15 is 0 Å². The zero-order valence-electron chi connectivity index (χ0n) is 19.9. The number of nitrogens with one attached hydrogen (secondary N) is 2. The van der Waals surface area contributed by atoms with Crippen LogP contribution in [0, 0.1) is 0 Å². The molecule has 1 atom stereocenters. The number of rotatable bonds is 9. The van der Waals surface area contributed by atoms with Crippen LogP contribution in [0.3, 0.4) is 0 Å². The van der Waals surface area contributed by atoms with Gasteiger partial charge in [0, 0.05) is 10.4 Å². The minimum absolute atomic E-state index is 0.0980. The Labute approximate surface area is 223 Å². The molecule has 1 aromatic heterocycles. The molecule has 11 heteroatoms. The first-order valence-electron chi connectivity index (χ1n) is 11.0. The zero-order valence-corrected chi connectivity index (χ0v) is 22.2. The number of fused-ring (bicyclic) bond motifs is 1. The average molecular weight is 559 g/mol. The topological polar surface area (TPSA) is 111 Å². The maximum Gasteiger partial charge on any atom is 0.348 e. The lowest BCUT2D eigenvalue weighted by Crippen LogP contribution is -2.45. The molecular formula is C26H23ClN2O6S2. The van der Waals surface area contributed by atoms with Crippen LogP contribution in [0.25, 0.3) is 10.1 Å². The molecular weight excluding hydrogens is 536 g/mol. The summed E-state index contributed by atoms with van der Waals surface area (Å²) in [6.07, 6.45) is 0.114. The van der Waals surface area contributed by atoms with Gasteiger partial charge in [0.2, 0.25) is 15.9 Å². The summed E-state index contributed by atoms with van der Waals surface area (Å²) < 4.78 is 39.6. The van der Waals surface area contributed by atoms with Gasteiger partial charge in [0.05, 0.1) is 24.1 Å². The Bertz CT molecular complexity index is 1550. The molecule has 4 aromatic rings. The first kappa shape index (κ1) is 26.6. The summed E-state index contributed by atoms with van der Waals surface area (Å²) in [6.45, 7) is 0. The van der Waals surface area contributed by atoms with Gasteiger partial charge in [-0.2, -0.15) is 4.72 Å². The Balaban J connectivity index is 1.60. The molecule has 0 aliphatic heterocycles. The van der Waals surface area contributed by atoms with Crippen LogP contribution in [0.15, 0.2) is 77.7 Å². The fourth-order valence-corrected chi connectivity index (χ4v) is 6.16. The molecule has 4 rings (SSSR count). The number of hydrogen-bond donors (Lipinski definition) is 2. The highest BCUT2D eigenvalue weighted by atomic mass is 35.5. The molecule has 0 fully saturated rings. The fourth-order valence-electron chi connectivity index (χ4n) is 3.66. The lowest BCUT2D eigenvalue weighted by molar-refractivity contribution is -0.117. The smallest absolute Gasteiger partial charge is 0.348 e. The summed E-state index contributed by atoms with van der Waals surface area (Å²) in [5, 5.41) is 3.66. The SMILES string of the molecule is COC(=O)c1cc2cc(NC(=O)[C@H](Cc3ccccc3)NS(=O)(=O)c3ccc(OC)c(Cl)c3)ccc2s1. The minimum Gasteiger partial charge on any atom is -0.495 e. The second kappa shape index (κ2) is 11.3. The van der Waals surface area contributed by atoms with E-state index in [-0.39, 0.29) is 16.3 Å². The number of benzene rings is 3. The number of hydrogen-bond acceptors (Lipinski definition) is 7. The number of halogens is 1. The van der Waals surface area contributed by atoms with Crippen LogP contribution in [-0.4, -0.2) is 40.6 Å². The summed E-state index contributed by atoms with van der Waals surface area (Å²) in [4.78, 5) is 25.5. The van der Waals surface area contributed by atoms with E-state index in [1.807, 2.05) is 30.3 Å². The normalized spacial score (nSPS) is 12.2. The van der Waals surface area contributed by atoms with Crippen LogP contribution in [-0.2, 0) is 26.0 Å². The van der Waals surface area contributed by atoms with Crippen LogP contribution in [0.4, 0.5) is 5.69 Å². The second-order valence-electron chi connectivity index (χ2n) is 8.00. The first-order chi connectivity index (χ1) is 17.7. The molecule has 0 aliphatic rings. The highest BCUT2D eigenvalue weighted by Crippen LogP contribution is 2.29. The second-order valence-corrected chi connectivity index (χ2v) is 11.2. The van der Waals surface area contributed by atoms with E-state index in [1.165, 1.54) is 43.8 Å². The van der Waals surface area contributed by atoms with Crippen LogP contribution in [0.1, 0.15) is 15.2 Å². The average Bonchev–Trinajstić information content (AvgIpc) is 3.32.